The Morgan fingerprint density at radius 2 is 1.96 bits per heavy atom. The van der Waals surface area contributed by atoms with E-state index in [1.54, 1.807) is 26.0 Å². The predicted molar refractivity (Wildman–Crippen MR) is 100 cm³/mol. The van der Waals surface area contributed by atoms with Gasteiger partial charge in [-0.25, -0.2) is 13.1 Å². The van der Waals surface area contributed by atoms with Crippen molar-refractivity contribution >= 4 is 27.7 Å². The normalized spacial score (nSPS) is 11.8. The maximum Gasteiger partial charge on any atom is 0.243 e. The molecular weight excluding hydrogens is 376 g/mol. The van der Waals surface area contributed by atoms with Crippen LogP contribution < -0.4 is 11.6 Å². The average Bonchev–Trinajstić information content (AvgIpc) is 2.96. The number of hydrogen-bond donors (Lipinski definition) is 2. The zero-order valence-corrected chi connectivity index (χ0v) is 16.3. The van der Waals surface area contributed by atoms with E-state index in [4.69, 9.17) is 11.6 Å². The molecule has 0 fully saturated rings. The van der Waals surface area contributed by atoms with Crippen LogP contribution >= 0.6 is 11.8 Å². The van der Waals surface area contributed by atoms with Gasteiger partial charge in [0.05, 0.1) is 4.90 Å². The number of amides is 1. The summed E-state index contributed by atoms with van der Waals surface area (Å²) in [6.07, 6.45) is 0.199. The van der Waals surface area contributed by atoms with Gasteiger partial charge in [-0.1, -0.05) is 37.7 Å². The number of primary amides is 1. The number of carbonyl (C=O) groups is 1. The molecule has 11 heteroatoms. The molecule has 2 aromatic rings. The van der Waals surface area contributed by atoms with E-state index in [1.165, 1.54) is 32.9 Å². The Morgan fingerprint density at radius 3 is 2.58 bits per heavy atom. The molecule has 0 spiro atoms. The number of nitrogens with two attached hydrogens (primary N) is 2. The Bertz CT molecular complexity index is 877. The lowest BCUT2D eigenvalue weighted by molar-refractivity contribution is -0.117. The second kappa shape index (κ2) is 8.52. The van der Waals surface area contributed by atoms with Crippen molar-refractivity contribution in [2.75, 3.05) is 24.7 Å². The molecule has 0 atom stereocenters. The second-order valence-electron chi connectivity index (χ2n) is 5.36. The van der Waals surface area contributed by atoms with Crippen LogP contribution in [0, 0.1) is 0 Å². The third kappa shape index (κ3) is 4.34. The number of nitrogens with zero attached hydrogens (tertiary/aromatic N) is 4. The van der Waals surface area contributed by atoms with E-state index >= 15 is 0 Å². The fraction of sp³-hybridized carbons (Fsp3) is 0.400. The van der Waals surface area contributed by atoms with Gasteiger partial charge in [-0.05, 0) is 12.1 Å². The van der Waals surface area contributed by atoms with Gasteiger partial charge in [-0.15, -0.1) is 10.2 Å². The van der Waals surface area contributed by atoms with Crippen LogP contribution in [0.1, 0.15) is 20.3 Å². The Labute approximate surface area is 156 Å². The molecule has 0 saturated carbocycles. The molecule has 1 aromatic carbocycles. The largest absolute Gasteiger partial charge is 0.370 e. The van der Waals surface area contributed by atoms with Crippen LogP contribution in [0.5, 0.6) is 0 Å². The first kappa shape index (κ1) is 20.2. The summed E-state index contributed by atoms with van der Waals surface area (Å²) in [5.74, 6) is 6.38. The molecule has 1 heterocycles. The van der Waals surface area contributed by atoms with E-state index < -0.39 is 15.9 Å². The smallest absolute Gasteiger partial charge is 0.243 e. The summed E-state index contributed by atoms with van der Waals surface area (Å²) in [7, 11) is -3.58. The number of sulfonamides is 1. The van der Waals surface area contributed by atoms with Crippen LogP contribution in [0.4, 0.5) is 0 Å². The number of hydrogen-bond acceptors (Lipinski definition) is 7. The van der Waals surface area contributed by atoms with Crippen molar-refractivity contribution in [3.05, 3.63) is 24.3 Å². The lowest BCUT2D eigenvalue weighted by atomic mass is 10.2. The summed E-state index contributed by atoms with van der Waals surface area (Å²) in [4.78, 5) is 11.0. The summed E-state index contributed by atoms with van der Waals surface area (Å²) in [5, 5.41) is 8.44. The number of rotatable bonds is 9. The average molecular weight is 399 g/mol. The molecule has 142 valence electrons. The molecule has 1 aromatic heterocycles. The minimum absolute atomic E-state index is 0.171. The van der Waals surface area contributed by atoms with E-state index in [-0.39, 0.29) is 11.3 Å². The monoisotopic (exact) mass is 398 g/mol. The lowest BCUT2D eigenvalue weighted by Crippen LogP contribution is -2.30. The Kier molecular flexibility index (Phi) is 6.62. The quantitative estimate of drug-likeness (QED) is 0.467. The van der Waals surface area contributed by atoms with Crippen molar-refractivity contribution in [2.45, 2.75) is 30.3 Å². The minimum Gasteiger partial charge on any atom is -0.370 e. The summed E-state index contributed by atoms with van der Waals surface area (Å²) in [5.41, 5.74) is 5.65. The maximum absolute atomic E-state index is 12.7. The molecule has 0 unspecified atom stereocenters. The molecule has 26 heavy (non-hydrogen) atoms. The van der Waals surface area contributed by atoms with Crippen molar-refractivity contribution in [1.82, 2.24) is 19.2 Å². The van der Waals surface area contributed by atoms with E-state index in [0.717, 1.165) is 0 Å². The van der Waals surface area contributed by atoms with Gasteiger partial charge >= 0.3 is 0 Å². The lowest BCUT2D eigenvalue weighted by Gasteiger charge is -2.18. The fourth-order valence-electron chi connectivity index (χ4n) is 2.32. The molecule has 0 aliphatic carbocycles. The van der Waals surface area contributed by atoms with Gasteiger partial charge in [-0.2, -0.15) is 4.31 Å². The van der Waals surface area contributed by atoms with Crippen molar-refractivity contribution in [3.63, 3.8) is 0 Å². The van der Waals surface area contributed by atoms with Gasteiger partial charge in [-0.3, -0.25) is 4.79 Å². The van der Waals surface area contributed by atoms with E-state index in [1.807, 2.05) is 0 Å². The highest BCUT2D eigenvalue weighted by Gasteiger charge is 2.22. The molecule has 2 rings (SSSR count). The SMILES string of the molecule is CCN(CC)S(=O)(=O)c1cccc(-c2nnc(SCCC(N)=O)n2N)c1. The first-order valence-corrected chi connectivity index (χ1v) is 10.5. The molecule has 0 bridgehead atoms. The first-order chi connectivity index (χ1) is 12.3. The van der Waals surface area contributed by atoms with Crippen LogP contribution in [0.3, 0.4) is 0 Å². The predicted octanol–water partition coefficient (Wildman–Crippen LogP) is 0.657. The van der Waals surface area contributed by atoms with E-state index in [9.17, 15) is 13.2 Å². The highest BCUT2D eigenvalue weighted by Crippen LogP contribution is 2.25. The third-order valence-corrected chi connectivity index (χ3v) is 6.67. The standard InChI is InChI=1S/C15H22N6O3S2/c1-3-20(4-2)26(23,24)12-7-5-6-11(10-12)14-18-19-15(21(14)17)25-9-8-13(16)22/h5-7,10H,3-4,8-9,17H2,1-2H3,(H2,16,22). The van der Waals surface area contributed by atoms with Crippen LogP contribution in [-0.4, -0.2) is 52.3 Å². The summed E-state index contributed by atoms with van der Waals surface area (Å²) in [6, 6.07) is 6.42. The first-order valence-electron chi connectivity index (χ1n) is 8.03. The number of aromatic nitrogens is 3. The highest BCUT2D eigenvalue weighted by molar-refractivity contribution is 7.99. The van der Waals surface area contributed by atoms with E-state index in [2.05, 4.69) is 10.2 Å². The summed E-state index contributed by atoms with van der Waals surface area (Å²) < 4.78 is 28.0. The molecule has 0 aliphatic rings. The number of carbonyl (C=O) groups excluding carboxylic acids is 1. The maximum atomic E-state index is 12.7. The third-order valence-electron chi connectivity index (χ3n) is 3.68. The molecule has 0 aliphatic heterocycles. The number of thioether (sulfide) groups is 1. The van der Waals surface area contributed by atoms with Crippen LogP contribution in [0.15, 0.2) is 34.3 Å². The highest BCUT2D eigenvalue weighted by atomic mass is 32.2. The zero-order chi connectivity index (χ0) is 19.3. The zero-order valence-electron chi connectivity index (χ0n) is 14.6. The Morgan fingerprint density at radius 1 is 1.27 bits per heavy atom. The van der Waals surface area contributed by atoms with Gasteiger partial charge in [0.15, 0.2) is 5.82 Å². The fourth-order valence-corrected chi connectivity index (χ4v) is 4.64. The summed E-state index contributed by atoms with van der Waals surface area (Å²) in [6.45, 7) is 4.35. The summed E-state index contributed by atoms with van der Waals surface area (Å²) >= 11 is 1.25. The molecule has 1 amide bonds. The van der Waals surface area contributed by atoms with Gasteiger partial charge in [0.2, 0.25) is 21.1 Å². The van der Waals surface area contributed by atoms with E-state index in [0.29, 0.717) is 35.4 Å². The molecule has 0 radical (unpaired) electrons. The van der Waals surface area contributed by atoms with Gasteiger partial charge in [0, 0.05) is 30.8 Å². The van der Waals surface area contributed by atoms with Crippen molar-refractivity contribution in [3.8, 4) is 11.4 Å². The topological polar surface area (TPSA) is 137 Å². The van der Waals surface area contributed by atoms with Crippen molar-refractivity contribution in [2.24, 2.45) is 5.73 Å². The van der Waals surface area contributed by atoms with Gasteiger partial charge in [0.1, 0.15) is 0 Å². The van der Waals surface area contributed by atoms with Crippen LogP contribution in [0.25, 0.3) is 11.4 Å². The molecule has 0 saturated heterocycles. The van der Waals surface area contributed by atoms with Crippen molar-refractivity contribution < 1.29 is 13.2 Å². The van der Waals surface area contributed by atoms with Crippen LogP contribution in [-0.2, 0) is 14.8 Å². The Hall–Kier alpha value is -2.11. The second-order valence-corrected chi connectivity index (χ2v) is 8.36. The molecule has 9 nitrogen and oxygen atoms in total. The molecule has 4 N–H and O–H groups in total. The van der Waals surface area contributed by atoms with Crippen molar-refractivity contribution in [1.29, 1.82) is 0 Å². The minimum atomic E-state index is -3.58. The van der Waals surface area contributed by atoms with Crippen LogP contribution in [0.2, 0.25) is 0 Å². The molecular formula is C15H22N6O3S2. The van der Waals surface area contributed by atoms with Gasteiger partial charge < -0.3 is 11.6 Å². The Balaban J connectivity index is 2.31. The number of nitrogen functional groups attached to an aromatic ring is 1. The number of benzene rings is 1. The van der Waals surface area contributed by atoms with Gasteiger partial charge in [0.25, 0.3) is 0 Å².